The average Bonchev–Trinajstić information content (AvgIpc) is 3.71. The lowest BCUT2D eigenvalue weighted by Gasteiger charge is -2.25. The van der Waals surface area contributed by atoms with Crippen LogP contribution in [0.2, 0.25) is 0 Å². The number of nitrogens with one attached hydrogen (secondary N) is 2. The molecule has 43 heavy (non-hydrogen) atoms. The van der Waals surface area contributed by atoms with Crippen LogP contribution in [-0.2, 0) is 5.54 Å². The fraction of sp³-hybridized carbons (Fsp3) is 0.152. The fourth-order valence-electron chi connectivity index (χ4n) is 5.38. The van der Waals surface area contributed by atoms with Gasteiger partial charge in [0.25, 0.3) is 11.8 Å². The number of hydrogen-bond donors (Lipinski definition) is 3. The van der Waals surface area contributed by atoms with E-state index < -0.39 is 17.3 Å². The largest absolute Gasteiger partial charge is 0.733 e. The number of ether oxygens (including phenoxy) is 1. The van der Waals surface area contributed by atoms with Gasteiger partial charge >= 0.3 is 0 Å². The Morgan fingerprint density at radius 1 is 0.977 bits per heavy atom. The van der Waals surface area contributed by atoms with Crippen LogP contribution in [0.4, 0.5) is 10.1 Å². The van der Waals surface area contributed by atoms with Crippen molar-refractivity contribution >= 4 is 28.5 Å². The summed E-state index contributed by atoms with van der Waals surface area (Å²) in [5.41, 5.74) is 2.00. The zero-order chi connectivity index (χ0) is 30.3. The second kappa shape index (κ2) is 10.9. The minimum atomic E-state index is -0.476. The van der Waals surface area contributed by atoms with Crippen LogP contribution in [0.3, 0.4) is 0 Å². The summed E-state index contributed by atoms with van der Waals surface area (Å²) in [5, 5.41) is 28.2. The van der Waals surface area contributed by atoms with Crippen LogP contribution in [0.25, 0.3) is 33.4 Å². The number of methoxy groups -OCH3 is 1. The van der Waals surface area contributed by atoms with E-state index in [2.05, 4.69) is 10.6 Å². The normalized spacial score (nSPS) is 13.4. The summed E-state index contributed by atoms with van der Waals surface area (Å²) in [4.78, 5) is 26.7. The van der Waals surface area contributed by atoms with Crippen LogP contribution in [0.5, 0.6) is 5.75 Å². The molecule has 5 aromatic rings. The third-order valence-corrected chi connectivity index (χ3v) is 7.76. The van der Waals surface area contributed by atoms with Crippen molar-refractivity contribution in [2.24, 2.45) is 0 Å². The highest BCUT2D eigenvalue weighted by Gasteiger charge is 2.46. The third kappa shape index (κ3) is 5.07. The smallest absolute Gasteiger partial charge is 0.255 e. The Balaban J connectivity index is 1.48. The van der Waals surface area contributed by atoms with Gasteiger partial charge in [0.1, 0.15) is 22.9 Å². The first-order valence-corrected chi connectivity index (χ1v) is 13.6. The van der Waals surface area contributed by atoms with Gasteiger partial charge in [-0.25, -0.2) is 4.39 Å². The Kier molecular flexibility index (Phi) is 7.09. The number of hydrogen-bond acceptors (Lipinski definition) is 7. The summed E-state index contributed by atoms with van der Waals surface area (Å²) in [6.45, 7) is 0. The molecule has 0 spiro atoms. The molecule has 1 aliphatic rings. The fourth-order valence-corrected chi connectivity index (χ4v) is 5.38. The van der Waals surface area contributed by atoms with E-state index in [9.17, 15) is 24.4 Å². The predicted octanol–water partition coefficient (Wildman–Crippen LogP) is 6.39. The molecule has 9 nitrogen and oxygen atoms in total. The molecule has 3 N–H and O–H groups in total. The highest BCUT2D eigenvalue weighted by atomic mass is 19.1. The molecule has 0 radical (unpaired) electrons. The lowest BCUT2D eigenvalue weighted by Crippen LogP contribution is -2.35. The molecule has 0 bridgehead atoms. The summed E-state index contributed by atoms with van der Waals surface area (Å²) in [6.07, 6.45) is 1.58. The van der Waals surface area contributed by atoms with Crippen LogP contribution in [0.1, 0.15) is 39.1 Å². The number of fused-ring (bicyclic) bond motifs is 1. The van der Waals surface area contributed by atoms with Gasteiger partial charge in [-0.15, -0.1) is 0 Å². The van der Waals surface area contributed by atoms with Gasteiger partial charge in [-0.3, -0.25) is 14.8 Å². The predicted molar refractivity (Wildman–Crippen MR) is 159 cm³/mol. The maximum Gasteiger partial charge on any atom is 0.255 e. The van der Waals surface area contributed by atoms with Crippen molar-refractivity contribution in [3.8, 4) is 28.2 Å². The number of carbonyl (C=O) groups excluding carboxylic acids is 2. The van der Waals surface area contributed by atoms with Gasteiger partial charge in [-0.2, -0.15) is 0 Å². The van der Waals surface area contributed by atoms with E-state index in [0.717, 1.165) is 18.4 Å². The van der Waals surface area contributed by atoms with E-state index in [0.29, 0.717) is 22.3 Å². The second-order valence-electron chi connectivity index (χ2n) is 10.3. The number of furan rings is 1. The Hall–Kier alpha value is -5.19. The zero-order valence-electron chi connectivity index (χ0n) is 23.3. The Morgan fingerprint density at radius 2 is 1.67 bits per heavy atom. The molecule has 0 aliphatic heterocycles. The molecule has 0 saturated heterocycles. The van der Waals surface area contributed by atoms with Gasteiger partial charge in [0.15, 0.2) is 0 Å². The van der Waals surface area contributed by atoms with E-state index in [1.54, 1.807) is 24.3 Å². The molecule has 0 unspecified atom stereocenters. The summed E-state index contributed by atoms with van der Waals surface area (Å²) >= 11 is 0. The molecule has 218 valence electrons. The average molecular weight is 581 g/mol. The van der Waals surface area contributed by atoms with Gasteiger partial charge in [0, 0.05) is 29.6 Å². The minimum absolute atomic E-state index is 0.150. The van der Waals surface area contributed by atoms with E-state index in [-0.39, 0.29) is 44.9 Å². The van der Waals surface area contributed by atoms with Crippen molar-refractivity contribution < 1.29 is 28.3 Å². The summed E-state index contributed by atoms with van der Waals surface area (Å²) in [5.74, 6) is -0.797. The molecule has 1 fully saturated rings. The van der Waals surface area contributed by atoms with E-state index in [1.165, 1.54) is 44.5 Å². The standard InChI is InChI=1S/C33H27FN3O6/c1-35-32(39)29-24-17-23(26(37(40)41)18-28(24)43-30(29)19-8-11-22(34)12-9-19)20-10-13-27(42-2)25(16-20)31(38)36-33(14-15-33)21-6-4-3-5-7-21/h3-13,16-18,40H,14-15H2,1-2H3,(H,35,39)(H,36,38)/q-1. The molecule has 1 aliphatic carbocycles. The van der Waals surface area contributed by atoms with Gasteiger partial charge in [-0.1, -0.05) is 36.4 Å². The van der Waals surface area contributed by atoms with Crippen molar-refractivity contribution in [3.63, 3.8) is 0 Å². The lowest BCUT2D eigenvalue weighted by molar-refractivity contribution is 0.0926. The first-order valence-electron chi connectivity index (χ1n) is 13.6. The van der Waals surface area contributed by atoms with Crippen molar-refractivity contribution in [2.45, 2.75) is 18.4 Å². The van der Waals surface area contributed by atoms with Crippen molar-refractivity contribution in [2.75, 3.05) is 19.4 Å². The number of anilines is 1. The maximum absolute atomic E-state index is 13.6. The van der Waals surface area contributed by atoms with Crippen LogP contribution >= 0.6 is 0 Å². The summed E-state index contributed by atoms with van der Waals surface area (Å²) in [7, 11) is 2.92. The molecular weight excluding hydrogens is 553 g/mol. The summed E-state index contributed by atoms with van der Waals surface area (Å²) < 4.78 is 25.1. The second-order valence-corrected chi connectivity index (χ2v) is 10.3. The summed E-state index contributed by atoms with van der Waals surface area (Å²) in [6, 6.07) is 22.8. The van der Waals surface area contributed by atoms with Crippen LogP contribution in [-0.4, -0.2) is 31.2 Å². The molecular formula is C33H27FN3O6-. The number of rotatable bonds is 8. The van der Waals surface area contributed by atoms with Crippen LogP contribution in [0.15, 0.2) is 89.3 Å². The van der Waals surface area contributed by atoms with Gasteiger partial charge < -0.3 is 30.2 Å². The lowest BCUT2D eigenvalue weighted by atomic mass is 9.96. The first-order chi connectivity index (χ1) is 20.7. The third-order valence-electron chi connectivity index (χ3n) is 7.76. The molecule has 1 aromatic heterocycles. The molecule has 2 amide bonds. The molecule has 10 heteroatoms. The number of benzene rings is 4. The zero-order valence-corrected chi connectivity index (χ0v) is 23.3. The van der Waals surface area contributed by atoms with Gasteiger partial charge in [0.2, 0.25) is 0 Å². The monoisotopic (exact) mass is 580 g/mol. The van der Waals surface area contributed by atoms with Crippen molar-refractivity contribution in [3.05, 3.63) is 113 Å². The minimum Gasteiger partial charge on any atom is -0.733 e. The van der Waals surface area contributed by atoms with E-state index in [4.69, 9.17) is 9.15 Å². The number of nitrogens with zero attached hydrogens (tertiary/aromatic N) is 1. The van der Waals surface area contributed by atoms with E-state index >= 15 is 0 Å². The molecule has 1 heterocycles. The number of amides is 2. The SMILES string of the molecule is CNC(=O)c1c(-c2ccc(F)cc2)oc2cc(N([O-])O)c(-c3ccc(OC)c(C(=O)NC4(c5ccccc5)CC4)c3)cc12. The van der Waals surface area contributed by atoms with E-state index in [1.807, 2.05) is 30.3 Å². The Bertz CT molecular complexity index is 1850. The molecule has 1 saturated carbocycles. The molecule has 4 aromatic carbocycles. The van der Waals surface area contributed by atoms with Gasteiger partial charge in [0.05, 0.1) is 29.5 Å². The van der Waals surface area contributed by atoms with Crippen molar-refractivity contribution in [1.82, 2.24) is 10.6 Å². The maximum atomic E-state index is 13.6. The quantitative estimate of drug-likeness (QED) is 0.182. The first kappa shape index (κ1) is 28.0. The Morgan fingerprint density at radius 3 is 2.30 bits per heavy atom. The van der Waals surface area contributed by atoms with Crippen LogP contribution < -0.4 is 20.6 Å². The highest BCUT2D eigenvalue weighted by molar-refractivity contribution is 6.13. The molecule has 0 atom stereocenters. The van der Waals surface area contributed by atoms with Gasteiger partial charge in [-0.05, 0) is 66.4 Å². The van der Waals surface area contributed by atoms with Crippen molar-refractivity contribution in [1.29, 1.82) is 0 Å². The highest BCUT2D eigenvalue weighted by Crippen LogP contribution is 2.46. The molecule has 6 rings (SSSR count). The number of carbonyl (C=O) groups is 2. The number of halogens is 1. The van der Waals surface area contributed by atoms with Crippen LogP contribution in [0, 0.1) is 11.0 Å². The Labute approximate surface area is 246 Å². The topological polar surface area (TPSA) is 127 Å².